The minimum absolute atomic E-state index is 0.140. The summed E-state index contributed by atoms with van der Waals surface area (Å²) in [5.74, 6) is -0.305. The van der Waals surface area contributed by atoms with Gasteiger partial charge < -0.3 is 10.6 Å². The van der Waals surface area contributed by atoms with E-state index < -0.39 is 5.41 Å². The SMILES string of the molecule is CC(C)(C(=O)NCCC1=CCCCC1)C(=O)NC1CCCCC1. The molecule has 0 aliphatic heterocycles. The molecule has 0 atom stereocenters. The van der Waals surface area contributed by atoms with Crippen molar-refractivity contribution >= 4 is 11.8 Å². The van der Waals surface area contributed by atoms with Crippen LogP contribution in [0.3, 0.4) is 0 Å². The van der Waals surface area contributed by atoms with E-state index in [4.69, 9.17) is 0 Å². The van der Waals surface area contributed by atoms with Gasteiger partial charge >= 0.3 is 0 Å². The van der Waals surface area contributed by atoms with Crippen LogP contribution in [0.4, 0.5) is 0 Å². The third-order valence-electron chi connectivity index (χ3n) is 5.19. The topological polar surface area (TPSA) is 58.2 Å². The van der Waals surface area contributed by atoms with Crippen LogP contribution in [0.2, 0.25) is 0 Å². The van der Waals surface area contributed by atoms with Crippen LogP contribution in [-0.4, -0.2) is 24.4 Å². The van der Waals surface area contributed by atoms with Gasteiger partial charge in [-0.25, -0.2) is 0 Å². The summed E-state index contributed by atoms with van der Waals surface area (Å²) < 4.78 is 0. The zero-order valence-corrected chi connectivity index (χ0v) is 14.7. The van der Waals surface area contributed by atoms with E-state index in [2.05, 4.69) is 16.7 Å². The Morgan fingerprint density at radius 2 is 1.83 bits per heavy atom. The molecule has 0 aromatic carbocycles. The second kappa shape index (κ2) is 8.51. The molecule has 23 heavy (non-hydrogen) atoms. The fourth-order valence-electron chi connectivity index (χ4n) is 3.41. The average molecular weight is 320 g/mol. The predicted octanol–water partition coefficient (Wildman–Crippen LogP) is 3.47. The van der Waals surface area contributed by atoms with Crippen molar-refractivity contribution in [2.45, 2.75) is 84.1 Å². The lowest BCUT2D eigenvalue weighted by Crippen LogP contribution is -2.51. The van der Waals surface area contributed by atoms with Gasteiger partial charge in [0, 0.05) is 12.6 Å². The molecule has 0 aromatic rings. The highest BCUT2D eigenvalue weighted by molar-refractivity contribution is 6.04. The molecule has 0 unspecified atom stereocenters. The van der Waals surface area contributed by atoms with Crippen molar-refractivity contribution < 1.29 is 9.59 Å². The van der Waals surface area contributed by atoms with Crippen LogP contribution in [0.15, 0.2) is 11.6 Å². The predicted molar refractivity (Wildman–Crippen MR) is 93.0 cm³/mol. The molecular weight excluding hydrogens is 288 g/mol. The molecule has 4 nitrogen and oxygen atoms in total. The summed E-state index contributed by atoms with van der Waals surface area (Å²) in [5.41, 5.74) is 0.444. The van der Waals surface area contributed by atoms with Gasteiger partial charge in [0.05, 0.1) is 0 Å². The monoisotopic (exact) mass is 320 g/mol. The lowest BCUT2D eigenvalue weighted by molar-refractivity contribution is -0.141. The van der Waals surface area contributed by atoms with Gasteiger partial charge in [-0.1, -0.05) is 30.9 Å². The molecule has 0 bridgehead atoms. The lowest BCUT2D eigenvalue weighted by atomic mass is 9.88. The number of carbonyl (C=O) groups is 2. The molecule has 0 radical (unpaired) electrons. The Hall–Kier alpha value is -1.32. The minimum atomic E-state index is -1.00. The molecule has 1 fully saturated rings. The van der Waals surface area contributed by atoms with E-state index in [0.717, 1.165) is 25.7 Å². The highest BCUT2D eigenvalue weighted by atomic mass is 16.2. The molecule has 2 aliphatic rings. The Bertz CT molecular complexity index is 448. The van der Waals surface area contributed by atoms with Crippen LogP contribution in [0, 0.1) is 5.41 Å². The Morgan fingerprint density at radius 1 is 1.09 bits per heavy atom. The molecule has 2 amide bonds. The Labute approximate surface area is 140 Å². The summed E-state index contributed by atoms with van der Waals surface area (Å²) in [6.45, 7) is 4.07. The molecule has 130 valence electrons. The van der Waals surface area contributed by atoms with Gasteiger partial charge in [0.2, 0.25) is 11.8 Å². The second-order valence-corrected chi connectivity index (χ2v) is 7.55. The maximum absolute atomic E-state index is 12.5. The number of hydrogen-bond donors (Lipinski definition) is 2. The van der Waals surface area contributed by atoms with Gasteiger partial charge in [-0.15, -0.1) is 0 Å². The summed E-state index contributed by atoms with van der Waals surface area (Å²) in [6.07, 6.45) is 13.8. The van der Waals surface area contributed by atoms with Crippen molar-refractivity contribution in [2.24, 2.45) is 5.41 Å². The maximum Gasteiger partial charge on any atom is 0.235 e. The van der Waals surface area contributed by atoms with Gasteiger partial charge in [0.1, 0.15) is 5.41 Å². The molecule has 0 heterocycles. The van der Waals surface area contributed by atoms with Crippen LogP contribution in [0.1, 0.15) is 78.1 Å². The van der Waals surface area contributed by atoms with Gasteiger partial charge in [0.25, 0.3) is 0 Å². The highest BCUT2D eigenvalue weighted by Gasteiger charge is 2.36. The Morgan fingerprint density at radius 3 is 2.48 bits per heavy atom. The van der Waals surface area contributed by atoms with Crippen molar-refractivity contribution in [3.8, 4) is 0 Å². The lowest BCUT2D eigenvalue weighted by Gasteiger charge is -2.28. The van der Waals surface area contributed by atoms with Crippen LogP contribution in [0.5, 0.6) is 0 Å². The largest absolute Gasteiger partial charge is 0.355 e. The number of carbonyl (C=O) groups excluding carboxylic acids is 2. The van der Waals surface area contributed by atoms with Crippen LogP contribution < -0.4 is 10.6 Å². The van der Waals surface area contributed by atoms with E-state index >= 15 is 0 Å². The molecule has 2 aliphatic carbocycles. The maximum atomic E-state index is 12.5. The molecule has 1 saturated carbocycles. The Kier molecular flexibility index (Phi) is 6.67. The third kappa shape index (κ3) is 5.36. The Balaban J connectivity index is 1.76. The summed E-state index contributed by atoms with van der Waals surface area (Å²) in [6, 6.07) is 0.246. The number of allylic oxidation sites excluding steroid dienone is 1. The van der Waals surface area contributed by atoms with Crippen molar-refractivity contribution in [1.82, 2.24) is 10.6 Å². The van der Waals surface area contributed by atoms with Crippen molar-refractivity contribution in [1.29, 1.82) is 0 Å². The van der Waals surface area contributed by atoms with Crippen LogP contribution in [-0.2, 0) is 9.59 Å². The van der Waals surface area contributed by atoms with Crippen LogP contribution >= 0.6 is 0 Å². The van der Waals surface area contributed by atoms with Gasteiger partial charge in [-0.2, -0.15) is 0 Å². The van der Waals surface area contributed by atoms with Crippen LogP contribution in [0.25, 0.3) is 0 Å². The normalized spacial score (nSPS) is 19.8. The van der Waals surface area contributed by atoms with Crippen molar-refractivity contribution in [2.75, 3.05) is 6.54 Å². The van der Waals surface area contributed by atoms with Gasteiger partial charge in [-0.3, -0.25) is 9.59 Å². The average Bonchev–Trinajstić information content (AvgIpc) is 2.56. The summed E-state index contributed by atoms with van der Waals surface area (Å²) in [5, 5.41) is 6.02. The van der Waals surface area contributed by atoms with E-state index in [1.807, 2.05) is 0 Å². The standard InChI is InChI=1S/C19H32N2O2/c1-19(2,18(23)21-16-11-7-4-8-12-16)17(22)20-14-13-15-9-5-3-6-10-15/h9,16H,3-8,10-14H2,1-2H3,(H,20,22)(H,21,23). The fourth-order valence-corrected chi connectivity index (χ4v) is 3.41. The first-order chi connectivity index (χ1) is 11.0. The van der Waals surface area contributed by atoms with E-state index in [1.54, 1.807) is 13.8 Å². The molecule has 2 N–H and O–H groups in total. The van der Waals surface area contributed by atoms with Crippen molar-refractivity contribution in [3.05, 3.63) is 11.6 Å². The highest BCUT2D eigenvalue weighted by Crippen LogP contribution is 2.22. The molecule has 2 rings (SSSR count). The second-order valence-electron chi connectivity index (χ2n) is 7.55. The van der Waals surface area contributed by atoms with E-state index in [9.17, 15) is 9.59 Å². The fraction of sp³-hybridized carbons (Fsp3) is 0.789. The first-order valence-corrected chi connectivity index (χ1v) is 9.27. The van der Waals surface area contributed by atoms with Gasteiger partial charge in [-0.05, 0) is 58.8 Å². The number of nitrogens with one attached hydrogen (secondary N) is 2. The number of rotatable bonds is 6. The molecule has 0 spiro atoms. The molecule has 4 heteroatoms. The molecule has 0 aromatic heterocycles. The first kappa shape index (κ1) is 18.0. The smallest absolute Gasteiger partial charge is 0.235 e. The zero-order chi connectivity index (χ0) is 16.7. The molecule has 0 saturated heterocycles. The van der Waals surface area contributed by atoms with E-state index in [-0.39, 0.29) is 17.9 Å². The summed E-state index contributed by atoms with van der Waals surface area (Å²) >= 11 is 0. The molecular formula is C19H32N2O2. The number of hydrogen-bond acceptors (Lipinski definition) is 2. The quantitative estimate of drug-likeness (QED) is 0.581. The summed E-state index contributed by atoms with van der Waals surface area (Å²) in [7, 11) is 0. The third-order valence-corrected chi connectivity index (χ3v) is 5.19. The zero-order valence-electron chi connectivity index (χ0n) is 14.7. The van der Waals surface area contributed by atoms with E-state index in [0.29, 0.717) is 6.54 Å². The van der Waals surface area contributed by atoms with Crippen molar-refractivity contribution in [3.63, 3.8) is 0 Å². The first-order valence-electron chi connectivity index (χ1n) is 9.27. The number of amides is 2. The van der Waals surface area contributed by atoms with Gasteiger partial charge in [0.15, 0.2) is 0 Å². The summed E-state index contributed by atoms with van der Waals surface area (Å²) in [4.78, 5) is 24.9. The minimum Gasteiger partial charge on any atom is -0.355 e. The van der Waals surface area contributed by atoms with E-state index in [1.165, 1.54) is 44.1 Å².